The van der Waals surface area contributed by atoms with Gasteiger partial charge in [-0.2, -0.15) is 13.2 Å². The van der Waals surface area contributed by atoms with Gasteiger partial charge in [0.1, 0.15) is 5.82 Å². The van der Waals surface area contributed by atoms with Gasteiger partial charge in [0.05, 0.1) is 5.56 Å². The van der Waals surface area contributed by atoms with E-state index in [0.29, 0.717) is 12.1 Å². The molecule has 1 N–H and O–H groups in total. The number of nitrogens with one attached hydrogen (secondary N) is 1. The second-order valence-electron chi connectivity index (χ2n) is 6.48. The molecule has 1 nitrogen and oxygen atoms in total. The van der Waals surface area contributed by atoms with E-state index in [-0.39, 0.29) is 11.5 Å². The van der Waals surface area contributed by atoms with E-state index >= 15 is 0 Å². The van der Waals surface area contributed by atoms with E-state index in [1.54, 1.807) is 0 Å². The highest BCUT2D eigenvalue weighted by Gasteiger charge is 2.35. The van der Waals surface area contributed by atoms with Crippen LogP contribution < -0.4 is 5.32 Å². The maximum absolute atomic E-state index is 13.2. The number of halogens is 4. The smallest absolute Gasteiger partial charge is 0.309 e. The largest absolute Gasteiger partial charge is 0.419 e. The van der Waals surface area contributed by atoms with Crippen LogP contribution in [0.15, 0.2) is 18.2 Å². The van der Waals surface area contributed by atoms with Crippen molar-refractivity contribution in [1.82, 2.24) is 5.32 Å². The molecule has 1 aromatic rings. The van der Waals surface area contributed by atoms with Crippen LogP contribution in [0.5, 0.6) is 0 Å². The summed E-state index contributed by atoms with van der Waals surface area (Å²) in [6.45, 7) is 4.68. The molecule has 1 unspecified atom stereocenters. The molecule has 1 fully saturated rings. The van der Waals surface area contributed by atoms with Gasteiger partial charge in [0, 0.05) is 12.6 Å². The molecule has 2 rings (SSSR count). The average Bonchev–Trinajstić information content (AvgIpc) is 2.37. The van der Waals surface area contributed by atoms with Crippen molar-refractivity contribution in [2.45, 2.75) is 58.3 Å². The van der Waals surface area contributed by atoms with Crippen LogP contribution in [0, 0.1) is 11.2 Å². The zero-order chi connectivity index (χ0) is 15.7. The lowest BCUT2D eigenvalue weighted by molar-refractivity contribution is -0.140. The van der Waals surface area contributed by atoms with Gasteiger partial charge in [0.15, 0.2) is 0 Å². The number of rotatable bonds is 3. The molecule has 0 saturated heterocycles. The van der Waals surface area contributed by atoms with E-state index in [1.807, 2.05) is 0 Å². The average molecular weight is 303 g/mol. The summed E-state index contributed by atoms with van der Waals surface area (Å²) in [5.74, 6) is -1.22. The third-order valence-corrected chi connectivity index (χ3v) is 4.40. The van der Waals surface area contributed by atoms with Crippen molar-refractivity contribution in [1.29, 1.82) is 0 Å². The van der Waals surface area contributed by atoms with Crippen LogP contribution >= 0.6 is 0 Å². The van der Waals surface area contributed by atoms with Crippen LogP contribution in [-0.4, -0.2) is 6.04 Å². The van der Waals surface area contributed by atoms with Crippen molar-refractivity contribution in [2.24, 2.45) is 5.41 Å². The minimum atomic E-state index is -4.65. The third kappa shape index (κ3) is 3.96. The van der Waals surface area contributed by atoms with Crippen LogP contribution in [-0.2, 0) is 12.7 Å². The fraction of sp³-hybridized carbons (Fsp3) is 0.625. The standard InChI is InChI=1S/C16H21F4N/c1-15(2)8-4-3-5-14(15)21-10-11-6-7-13(17)12(9-11)16(18,19)20/h6-7,9,14,21H,3-5,8,10H2,1-2H3. The Morgan fingerprint density at radius 2 is 1.95 bits per heavy atom. The Labute approximate surface area is 122 Å². The molecular weight excluding hydrogens is 282 g/mol. The van der Waals surface area contributed by atoms with Gasteiger partial charge in [-0.1, -0.05) is 32.8 Å². The molecule has 1 aliphatic rings. The van der Waals surface area contributed by atoms with E-state index in [4.69, 9.17) is 0 Å². The fourth-order valence-corrected chi connectivity index (χ4v) is 3.01. The first-order valence-corrected chi connectivity index (χ1v) is 7.29. The predicted octanol–water partition coefficient (Wildman–Crippen LogP) is 4.90. The normalized spacial score (nSPS) is 22.3. The zero-order valence-corrected chi connectivity index (χ0v) is 12.4. The van der Waals surface area contributed by atoms with Gasteiger partial charge in [-0.25, -0.2) is 4.39 Å². The minimum absolute atomic E-state index is 0.144. The summed E-state index contributed by atoms with van der Waals surface area (Å²) in [4.78, 5) is 0. The molecule has 0 spiro atoms. The highest BCUT2D eigenvalue weighted by atomic mass is 19.4. The molecule has 1 atom stereocenters. The van der Waals surface area contributed by atoms with Crippen molar-refractivity contribution in [2.75, 3.05) is 0 Å². The van der Waals surface area contributed by atoms with E-state index in [2.05, 4.69) is 19.2 Å². The Kier molecular flexibility index (Phi) is 4.61. The maximum Gasteiger partial charge on any atom is 0.419 e. The summed E-state index contributed by atoms with van der Waals surface area (Å²) < 4.78 is 51.3. The van der Waals surface area contributed by atoms with Gasteiger partial charge in [-0.3, -0.25) is 0 Å². The van der Waals surface area contributed by atoms with E-state index in [9.17, 15) is 17.6 Å². The first-order chi connectivity index (χ1) is 9.70. The Morgan fingerprint density at radius 3 is 2.57 bits per heavy atom. The number of hydrogen-bond donors (Lipinski definition) is 1. The van der Waals surface area contributed by atoms with Gasteiger partial charge in [-0.15, -0.1) is 0 Å². The number of hydrogen-bond acceptors (Lipinski definition) is 1. The monoisotopic (exact) mass is 303 g/mol. The molecule has 1 aliphatic carbocycles. The molecule has 1 aromatic carbocycles. The number of alkyl halides is 3. The van der Waals surface area contributed by atoms with Crippen molar-refractivity contribution in [3.63, 3.8) is 0 Å². The molecule has 0 heterocycles. The molecule has 0 bridgehead atoms. The van der Waals surface area contributed by atoms with Crippen molar-refractivity contribution in [3.05, 3.63) is 35.1 Å². The fourth-order valence-electron chi connectivity index (χ4n) is 3.01. The summed E-state index contributed by atoms with van der Waals surface area (Å²) in [5.41, 5.74) is -0.583. The van der Waals surface area contributed by atoms with Crippen molar-refractivity contribution >= 4 is 0 Å². The lowest BCUT2D eigenvalue weighted by Crippen LogP contribution is -2.43. The Morgan fingerprint density at radius 1 is 1.24 bits per heavy atom. The highest BCUT2D eigenvalue weighted by molar-refractivity contribution is 5.27. The zero-order valence-electron chi connectivity index (χ0n) is 12.4. The second kappa shape index (κ2) is 5.95. The van der Waals surface area contributed by atoms with E-state index < -0.39 is 17.6 Å². The molecule has 0 aromatic heterocycles. The van der Waals surface area contributed by atoms with E-state index in [0.717, 1.165) is 31.4 Å². The SMILES string of the molecule is CC1(C)CCCCC1NCc1ccc(F)c(C(F)(F)F)c1. The second-order valence-corrected chi connectivity index (χ2v) is 6.48. The molecule has 118 valence electrons. The quantitative estimate of drug-likeness (QED) is 0.783. The molecule has 0 amide bonds. The molecule has 0 aliphatic heterocycles. The van der Waals surface area contributed by atoms with Crippen LogP contribution in [0.25, 0.3) is 0 Å². The Hall–Kier alpha value is -1.10. The lowest BCUT2D eigenvalue weighted by atomic mass is 9.73. The first kappa shape index (κ1) is 16.3. The molecular formula is C16H21F4N. The van der Waals surface area contributed by atoms with E-state index in [1.165, 1.54) is 12.5 Å². The van der Waals surface area contributed by atoms with Crippen LogP contribution in [0.3, 0.4) is 0 Å². The van der Waals surface area contributed by atoms with Gasteiger partial charge in [-0.05, 0) is 36.0 Å². The topological polar surface area (TPSA) is 12.0 Å². The summed E-state index contributed by atoms with van der Waals surface area (Å²) in [6.07, 6.45) is -0.176. The highest BCUT2D eigenvalue weighted by Crippen LogP contribution is 2.36. The van der Waals surface area contributed by atoms with Crippen molar-refractivity contribution in [3.8, 4) is 0 Å². The molecule has 1 saturated carbocycles. The van der Waals surface area contributed by atoms with Gasteiger partial charge in [0.25, 0.3) is 0 Å². The summed E-state index contributed by atoms with van der Waals surface area (Å²) in [6, 6.07) is 3.49. The first-order valence-electron chi connectivity index (χ1n) is 7.29. The maximum atomic E-state index is 13.2. The van der Waals surface area contributed by atoms with Crippen molar-refractivity contribution < 1.29 is 17.6 Å². The Balaban J connectivity index is 2.07. The van der Waals surface area contributed by atoms with Crippen LogP contribution in [0.2, 0.25) is 0 Å². The Bertz CT molecular complexity index is 494. The molecule has 5 heteroatoms. The van der Waals surface area contributed by atoms with Crippen LogP contribution in [0.1, 0.15) is 50.7 Å². The van der Waals surface area contributed by atoms with Gasteiger partial charge >= 0.3 is 6.18 Å². The lowest BCUT2D eigenvalue weighted by Gasteiger charge is -2.39. The summed E-state index contributed by atoms with van der Waals surface area (Å²) >= 11 is 0. The van der Waals surface area contributed by atoms with Gasteiger partial charge < -0.3 is 5.32 Å². The molecule has 21 heavy (non-hydrogen) atoms. The summed E-state index contributed by atoms with van der Waals surface area (Å²) in [7, 11) is 0. The predicted molar refractivity (Wildman–Crippen MR) is 74.3 cm³/mol. The van der Waals surface area contributed by atoms with Gasteiger partial charge in [0.2, 0.25) is 0 Å². The minimum Gasteiger partial charge on any atom is -0.309 e. The van der Waals surface area contributed by atoms with Crippen LogP contribution in [0.4, 0.5) is 17.6 Å². The third-order valence-electron chi connectivity index (χ3n) is 4.40. The molecule has 0 radical (unpaired) electrons. The number of benzene rings is 1. The summed E-state index contributed by atoms with van der Waals surface area (Å²) in [5, 5.41) is 3.34.